The summed E-state index contributed by atoms with van der Waals surface area (Å²) in [5.74, 6) is -1.45. The molecule has 0 saturated carbocycles. The van der Waals surface area contributed by atoms with E-state index < -0.39 is 35.6 Å². The lowest BCUT2D eigenvalue weighted by Crippen LogP contribution is -2.53. The number of ether oxygens (including phenoxy) is 1. The molecule has 5 rings (SSSR count). The van der Waals surface area contributed by atoms with Crippen LogP contribution in [0.25, 0.3) is 5.69 Å². The Kier molecular flexibility index (Phi) is 10.1. The third-order valence-electron chi connectivity index (χ3n) is 6.69. The number of benzene rings is 3. The second-order valence-electron chi connectivity index (χ2n) is 9.66. The molecule has 8 nitrogen and oxygen atoms in total. The Morgan fingerprint density at radius 3 is 2.20 bits per heavy atom. The first kappa shape index (κ1) is 31.9. The average molecular weight is 611 g/mol. The maximum Gasteiger partial charge on any atom is 0.416 e. The van der Waals surface area contributed by atoms with Crippen LogP contribution in [0.1, 0.15) is 41.0 Å². The highest BCUT2D eigenvalue weighted by Crippen LogP contribution is 2.34. The molecule has 1 N–H and O–H groups in total. The Morgan fingerprint density at radius 2 is 1.64 bits per heavy atom. The van der Waals surface area contributed by atoms with Crippen molar-refractivity contribution < 1.29 is 36.7 Å². The number of anilines is 1. The molecule has 0 radical (unpaired) electrons. The molecular formula is C32H30F4N4O4. The number of nitrogens with one attached hydrogen (secondary N) is 1. The minimum atomic E-state index is -4.61. The third-order valence-corrected chi connectivity index (χ3v) is 6.69. The number of carbonyl (C=O) groups excluding carboxylic acids is 3. The van der Waals surface area contributed by atoms with Crippen LogP contribution in [0.3, 0.4) is 0 Å². The van der Waals surface area contributed by atoms with Gasteiger partial charge >= 0.3 is 12.1 Å². The number of rotatable bonds is 7. The summed E-state index contributed by atoms with van der Waals surface area (Å²) in [6.07, 6.45) is -4.74. The maximum absolute atomic E-state index is 13.4. The normalized spacial score (nSPS) is 14.3. The Hall–Kier alpha value is -5.00. The Balaban J connectivity index is 0.000000555. The number of para-hydroxylation sites is 1. The Bertz CT molecular complexity index is 1610. The number of amides is 2. The second-order valence-corrected chi connectivity index (χ2v) is 9.66. The lowest BCUT2D eigenvalue weighted by molar-refractivity contribution is -0.142. The van der Waals surface area contributed by atoms with E-state index in [2.05, 4.69) is 10.4 Å². The monoisotopic (exact) mass is 610 g/mol. The van der Waals surface area contributed by atoms with E-state index >= 15 is 0 Å². The van der Waals surface area contributed by atoms with Gasteiger partial charge in [-0.1, -0.05) is 42.5 Å². The van der Waals surface area contributed by atoms with Gasteiger partial charge in [0, 0.05) is 24.1 Å². The molecule has 0 aliphatic carbocycles. The topological polar surface area (TPSA) is 93.5 Å². The van der Waals surface area contributed by atoms with E-state index in [0.717, 1.165) is 18.2 Å². The number of likely N-dealkylation sites (N-methyl/N-ethyl adjacent to an activating group) is 1. The van der Waals surface area contributed by atoms with Crippen molar-refractivity contribution in [2.45, 2.75) is 38.9 Å². The first-order chi connectivity index (χ1) is 21.0. The molecule has 0 saturated heterocycles. The van der Waals surface area contributed by atoms with Crippen LogP contribution < -0.4 is 10.2 Å². The van der Waals surface area contributed by atoms with E-state index in [1.54, 1.807) is 48.9 Å². The molecule has 0 spiro atoms. The molecule has 3 aromatic carbocycles. The van der Waals surface area contributed by atoms with Crippen molar-refractivity contribution in [2.75, 3.05) is 18.1 Å². The number of hydrogen-bond donors (Lipinski definition) is 1. The van der Waals surface area contributed by atoms with Crippen LogP contribution in [0.5, 0.6) is 0 Å². The first-order valence-electron chi connectivity index (χ1n) is 13.8. The lowest BCUT2D eigenvalue weighted by atomic mass is 9.97. The number of fused-ring (bicyclic) bond motifs is 1. The van der Waals surface area contributed by atoms with Gasteiger partial charge in [0.2, 0.25) is 0 Å². The van der Waals surface area contributed by atoms with Gasteiger partial charge < -0.3 is 10.1 Å². The van der Waals surface area contributed by atoms with E-state index in [1.165, 1.54) is 23.1 Å². The van der Waals surface area contributed by atoms with Crippen molar-refractivity contribution in [3.8, 4) is 5.69 Å². The fraction of sp³-hybridized carbons (Fsp3) is 0.250. The van der Waals surface area contributed by atoms with Crippen LogP contribution in [0, 0.1) is 5.82 Å². The largest absolute Gasteiger partial charge is 0.466 e. The van der Waals surface area contributed by atoms with Crippen molar-refractivity contribution in [1.82, 2.24) is 15.1 Å². The van der Waals surface area contributed by atoms with Gasteiger partial charge in [-0.15, -0.1) is 0 Å². The van der Waals surface area contributed by atoms with Crippen LogP contribution in [-0.4, -0.2) is 46.8 Å². The number of aromatic nitrogens is 2. The SMILES string of the molecule is CCOC(=O)Cc1nn(-c2ccccc2)c2c1CC(NC(=O)c1cccc(C(F)(F)F)c1)C(=O)N2CC.Fc1ccccc1. The zero-order valence-electron chi connectivity index (χ0n) is 24.0. The molecule has 44 heavy (non-hydrogen) atoms. The molecule has 1 unspecified atom stereocenters. The minimum Gasteiger partial charge on any atom is -0.466 e. The Labute approximate surface area is 251 Å². The predicted octanol–water partition coefficient (Wildman–Crippen LogP) is 5.53. The number of esters is 1. The van der Waals surface area contributed by atoms with E-state index in [0.29, 0.717) is 22.8 Å². The lowest BCUT2D eigenvalue weighted by Gasteiger charge is -2.33. The standard InChI is InChI=1S/C26H25F3N4O4.C6H5F/c1-3-32-24-19(20(15-22(34)37-4-2)31-33(24)18-11-6-5-7-12-18)14-21(25(32)36)30-23(35)16-9-8-10-17(13-16)26(27,28)29;7-6-4-2-1-3-5-6/h5-13,21H,3-4,14-15H2,1-2H3,(H,30,35);1-5H. The summed E-state index contributed by atoms with van der Waals surface area (Å²) >= 11 is 0. The molecule has 1 atom stereocenters. The summed E-state index contributed by atoms with van der Waals surface area (Å²) in [5.41, 5.74) is 0.456. The number of hydrogen-bond acceptors (Lipinski definition) is 5. The summed E-state index contributed by atoms with van der Waals surface area (Å²) in [5, 5.41) is 7.18. The van der Waals surface area contributed by atoms with Crippen molar-refractivity contribution in [3.05, 3.63) is 113 Å². The smallest absolute Gasteiger partial charge is 0.416 e. The van der Waals surface area contributed by atoms with Gasteiger partial charge in [0.1, 0.15) is 17.7 Å². The molecule has 0 fully saturated rings. The van der Waals surface area contributed by atoms with Gasteiger partial charge in [-0.2, -0.15) is 18.3 Å². The molecular weight excluding hydrogens is 580 g/mol. The highest BCUT2D eigenvalue weighted by molar-refractivity contribution is 6.04. The van der Waals surface area contributed by atoms with Crippen LogP contribution in [0.2, 0.25) is 0 Å². The zero-order chi connectivity index (χ0) is 31.9. The van der Waals surface area contributed by atoms with Gasteiger partial charge in [0.05, 0.1) is 30.0 Å². The van der Waals surface area contributed by atoms with E-state index in [4.69, 9.17) is 4.74 Å². The number of halogens is 4. The van der Waals surface area contributed by atoms with Gasteiger partial charge in [0.25, 0.3) is 11.8 Å². The number of nitrogens with zero attached hydrogens (tertiary/aromatic N) is 3. The Morgan fingerprint density at radius 1 is 0.977 bits per heavy atom. The molecule has 1 aliphatic rings. The quantitative estimate of drug-likeness (QED) is 0.220. The maximum atomic E-state index is 13.4. The van der Waals surface area contributed by atoms with Crippen LogP contribution in [0.4, 0.5) is 23.4 Å². The summed E-state index contributed by atoms with van der Waals surface area (Å²) in [7, 11) is 0. The van der Waals surface area contributed by atoms with Gasteiger partial charge in [0.15, 0.2) is 0 Å². The highest BCUT2D eigenvalue weighted by atomic mass is 19.4. The molecule has 0 bridgehead atoms. The van der Waals surface area contributed by atoms with Crippen molar-refractivity contribution >= 4 is 23.6 Å². The van der Waals surface area contributed by atoms with E-state index in [1.807, 2.05) is 18.2 Å². The molecule has 2 amide bonds. The first-order valence-corrected chi connectivity index (χ1v) is 13.8. The van der Waals surface area contributed by atoms with Gasteiger partial charge in [-0.05, 0) is 56.3 Å². The summed E-state index contributed by atoms with van der Waals surface area (Å²) < 4.78 is 57.9. The second kappa shape index (κ2) is 14.0. The van der Waals surface area contributed by atoms with Crippen LogP contribution >= 0.6 is 0 Å². The molecule has 2 heterocycles. The number of carbonyl (C=O) groups is 3. The fourth-order valence-electron chi connectivity index (χ4n) is 4.71. The van der Waals surface area contributed by atoms with Crippen molar-refractivity contribution in [1.29, 1.82) is 0 Å². The molecule has 1 aromatic heterocycles. The van der Waals surface area contributed by atoms with Crippen molar-refractivity contribution in [3.63, 3.8) is 0 Å². The fourth-order valence-corrected chi connectivity index (χ4v) is 4.71. The third kappa shape index (κ3) is 7.49. The minimum absolute atomic E-state index is 0.0109. The van der Waals surface area contributed by atoms with Gasteiger partial charge in [-0.25, -0.2) is 9.07 Å². The van der Waals surface area contributed by atoms with Crippen LogP contribution in [-0.2, 0) is 33.3 Å². The van der Waals surface area contributed by atoms with Crippen molar-refractivity contribution in [2.24, 2.45) is 0 Å². The van der Waals surface area contributed by atoms with E-state index in [9.17, 15) is 31.9 Å². The molecule has 1 aliphatic heterocycles. The molecule has 12 heteroatoms. The summed E-state index contributed by atoms with van der Waals surface area (Å²) in [4.78, 5) is 40.1. The predicted molar refractivity (Wildman–Crippen MR) is 155 cm³/mol. The molecule has 4 aromatic rings. The number of alkyl halides is 3. The van der Waals surface area contributed by atoms with Crippen LogP contribution in [0.15, 0.2) is 84.9 Å². The van der Waals surface area contributed by atoms with Gasteiger partial charge in [-0.3, -0.25) is 19.3 Å². The molecule has 230 valence electrons. The average Bonchev–Trinajstić information content (AvgIpc) is 3.35. The highest BCUT2D eigenvalue weighted by Gasteiger charge is 2.39. The summed E-state index contributed by atoms with van der Waals surface area (Å²) in [6.45, 7) is 3.87. The summed E-state index contributed by atoms with van der Waals surface area (Å²) in [6, 6.07) is 19.9. The van der Waals surface area contributed by atoms with E-state index in [-0.39, 0.29) is 37.4 Å². The zero-order valence-corrected chi connectivity index (χ0v) is 24.0.